The number of rotatable bonds is 5. The van der Waals surface area contributed by atoms with Crippen molar-refractivity contribution < 1.29 is 4.39 Å². The van der Waals surface area contributed by atoms with E-state index in [1.807, 2.05) is 0 Å². The maximum atomic E-state index is 13.4. The summed E-state index contributed by atoms with van der Waals surface area (Å²) < 4.78 is 14.9. The molecule has 1 aliphatic rings. The molecule has 6 heteroatoms. The van der Waals surface area contributed by atoms with Crippen LogP contribution in [0.15, 0.2) is 24.4 Å². The number of nitrogens with zero attached hydrogens (tertiary/aromatic N) is 3. The minimum Gasteiger partial charge on any atom is -0.311 e. The first-order chi connectivity index (χ1) is 9.22. The molecule has 1 aliphatic carbocycles. The highest BCUT2D eigenvalue weighted by molar-refractivity contribution is 6.30. The van der Waals surface area contributed by atoms with Crippen molar-refractivity contribution in [2.24, 2.45) is 5.92 Å². The van der Waals surface area contributed by atoms with Crippen LogP contribution in [0.2, 0.25) is 5.02 Å². The Labute approximate surface area is 115 Å². The molecule has 1 fully saturated rings. The summed E-state index contributed by atoms with van der Waals surface area (Å²) >= 11 is 5.65. The SMILES string of the molecule is Fc1cc(-n2cc(CNCC3CC3)nn2)ccc1Cl. The number of hydrogen-bond acceptors (Lipinski definition) is 3. The summed E-state index contributed by atoms with van der Waals surface area (Å²) in [7, 11) is 0. The zero-order valence-corrected chi connectivity index (χ0v) is 11.1. The second kappa shape index (κ2) is 5.27. The van der Waals surface area contributed by atoms with E-state index >= 15 is 0 Å². The molecule has 19 heavy (non-hydrogen) atoms. The Morgan fingerprint density at radius 1 is 1.42 bits per heavy atom. The molecule has 0 aliphatic heterocycles. The van der Waals surface area contributed by atoms with Crippen LogP contribution in [-0.2, 0) is 6.54 Å². The van der Waals surface area contributed by atoms with Crippen LogP contribution in [0.5, 0.6) is 0 Å². The van der Waals surface area contributed by atoms with Gasteiger partial charge < -0.3 is 5.32 Å². The first-order valence-electron chi connectivity index (χ1n) is 6.30. The molecule has 0 bridgehead atoms. The molecule has 0 saturated heterocycles. The molecule has 1 heterocycles. The molecular weight excluding hydrogens is 267 g/mol. The maximum Gasteiger partial charge on any atom is 0.143 e. The summed E-state index contributed by atoms with van der Waals surface area (Å²) in [6, 6.07) is 4.57. The highest BCUT2D eigenvalue weighted by Crippen LogP contribution is 2.27. The molecule has 3 rings (SSSR count). The molecule has 1 aromatic heterocycles. The normalized spacial score (nSPS) is 14.8. The summed E-state index contributed by atoms with van der Waals surface area (Å²) in [5.41, 5.74) is 1.46. The maximum absolute atomic E-state index is 13.4. The van der Waals surface area contributed by atoms with Crippen LogP contribution in [0.4, 0.5) is 4.39 Å². The fourth-order valence-electron chi connectivity index (χ4n) is 1.86. The van der Waals surface area contributed by atoms with Gasteiger partial charge in [0.1, 0.15) is 5.82 Å². The molecule has 0 atom stereocenters. The smallest absolute Gasteiger partial charge is 0.143 e. The number of benzene rings is 1. The predicted molar refractivity (Wildman–Crippen MR) is 70.8 cm³/mol. The molecule has 0 unspecified atom stereocenters. The van der Waals surface area contributed by atoms with Gasteiger partial charge in [0.05, 0.1) is 22.6 Å². The quantitative estimate of drug-likeness (QED) is 0.915. The predicted octanol–water partition coefficient (Wildman–Crippen LogP) is 2.56. The van der Waals surface area contributed by atoms with Gasteiger partial charge in [0.15, 0.2) is 0 Å². The Morgan fingerprint density at radius 2 is 2.26 bits per heavy atom. The van der Waals surface area contributed by atoms with Crippen molar-refractivity contribution in [1.29, 1.82) is 0 Å². The highest BCUT2D eigenvalue weighted by atomic mass is 35.5. The lowest BCUT2D eigenvalue weighted by Gasteiger charge is -2.01. The minimum atomic E-state index is -0.455. The number of nitrogens with one attached hydrogen (secondary N) is 1. The molecule has 0 radical (unpaired) electrons. The van der Waals surface area contributed by atoms with E-state index in [4.69, 9.17) is 11.6 Å². The number of aromatic nitrogens is 3. The third-order valence-corrected chi connectivity index (χ3v) is 3.45. The van der Waals surface area contributed by atoms with E-state index in [0.717, 1.165) is 18.2 Å². The fourth-order valence-corrected chi connectivity index (χ4v) is 1.98. The Balaban J connectivity index is 1.67. The lowest BCUT2D eigenvalue weighted by atomic mass is 10.3. The topological polar surface area (TPSA) is 42.7 Å². The van der Waals surface area contributed by atoms with Crippen LogP contribution < -0.4 is 5.32 Å². The molecule has 1 N–H and O–H groups in total. The minimum absolute atomic E-state index is 0.107. The molecule has 100 valence electrons. The van der Waals surface area contributed by atoms with E-state index in [1.54, 1.807) is 16.9 Å². The average molecular weight is 281 g/mol. The van der Waals surface area contributed by atoms with Gasteiger partial charge in [-0.25, -0.2) is 9.07 Å². The van der Waals surface area contributed by atoms with Crippen LogP contribution in [0.3, 0.4) is 0 Å². The third kappa shape index (κ3) is 3.11. The van der Waals surface area contributed by atoms with Gasteiger partial charge in [-0.05, 0) is 37.4 Å². The standard InChI is InChI=1S/C13H14ClFN4/c14-12-4-3-11(5-13(12)15)19-8-10(17-18-19)7-16-6-9-1-2-9/h3-5,8-9,16H,1-2,6-7H2. The van der Waals surface area contributed by atoms with Crippen LogP contribution in [0.25, 0.3) is 5.69 Å². The number of halogens is 2. The van der Waals surface area contributed by atoms with Gasteiger partial charge in [0, 0.05) is 12.6 Å². The summed E-state index contributed by atoms with van der Waals surface area (Å²) in [6.07, 6.45) is 4.44. The van der Waals surface area contributed by atoms with Crippen molar-refractivity contribution in [2.75, 3.05) is 6.54 Å². The first kappa shape index (κ1) is 12.6. The van der Waals surface area contributed by atoms with E-state index in [0.29, 0.717) is 12.2 Å². The highest BCUT2D eigenvalue weighted by Gasteiger charge is 2.20. The van der Waals surface area contributed by atoms with Gasteiger partial charge in [-0.1, -0.05) is 16.8 Å². The number of hydrogen-bond donors (Lipinski definition) is 1. The van der Waals surface area contributed by atoms with Gasteiger partial charge in [-0.3, -0.25) is 0 Å². The van der Waals surface area contributed by atoms with E-state index in [2.05, 4.69) is 15.6 Å². The molecule has 0 spiro atoms. The molecule has 4 nitrogen and oxygen atoms in total. The fraction of sp³-hybridized carbons (Fsp3) is 0.385. The van der Waals surface area contributed by atoms with Crippen molar-refractivity contribution in [2.45, 2.75) is 19.4 Å². The van der Waals surface area contributed by atoms with Gasteiger partial charge in [0.2, 0.25) is 0 Å². The Kier molecular flexibility index (Phi) is 3.48. The Bertz CT molecular complexity index is 580. The Hall–Kier alpha value is -1.46. The van der Waals surface area contributed by atoms with Crippen molar-refractivity contribution in [3.05, 3.63) is 40.9 Å². The third-order valence-electron chi connectivity index (χ3n) is 3.14. The van der Waals surface area contributed by atoms with Crippen LogP contribution in [0.1, 0.15) is 18.5 Å². The lowest BCUT2D eigenvalue weighted by Crippen LogP contribution is -2.16. The van der Waals surface area contributed by atoms with Crippen molar-refractivity contribution in [1.82, 2.24) is 20.3 Å². The van der Waals surface area contributed by atoms with E-state index in [-0.39, 0.29) is 5.02 Å². The van der Waals surface area contributed by atoms with E-state index in [1.165, 1.54) is 25.0 Å². The lowest BCUT2D eigenvalue weighted by molar-refractivity contribution is 0.625. The van der Waals surface area contributed by atoms with Crippen LogP contribution in [-0.4, -0.2) is 21.5 Å². The monoisotopic (exact) mass is 280 g/mol. The summed E-state index contributed by atoms with van der Waals surface area (Å²) in [4.78, 5) is 0. The van der Waals surface area contributed by atoms with E-state index < -0.39 is 5.82 Å². The average Bonchev–Trinajstić information content (AvgIpc) is 3.10. The second-order valence-corrected chi connectivity index (χ2v) is 5.23. The summed E-state index contributed by atoms with van der Waals surface area (Å²) in [5.74, 6) is 0.378. The first-order valence-corrected chi connectivity index (χ1v) is 6.67. The second-order valence-electron chi connectivity index (χ2n) is 4.83. The van der Waals surface area contributed by atoms with Crippen molar-refractivity contribution in [3.63, 3.8) is 0 Å². The summed E-state index contributed by atoms with van der Waals surface area (Å²) in [6.45, 7) is 1.72. The van der Waals surface area contributed by atoms with Crippen LogP contribution >= 0.6 is 11.6 Å². The van der Waals surface area contributed by atoms with E-state index in [9.17, 15) is 4.39 Å². The zero-order chi connectivity index (χ0) is 13.2. The Morgan fingerprint density at radius 3 is 3.00 bits per heavy atom. The molecule has 2 aromatic rings. The van der Waals surface area contributed by atoms with Crippen molar-refractivity contribution in [3.8, 4) is 5.69 Å². The molecule has 0 amide bonds. The van der Waals surface area contributed by atoms with Crippen molar-refractivity contribution >= 4 is 11.6 Å². The summed E-state index contributed by atoms with van der Waals surface area (Å²) in [5, 5.41) is 11.5. The van der Waals surface area contributed by atoms with Gasteiger partial charge >= 0.3 is 0 Å². The van der Waals surface area contributed by atoms with Gasteiger partial charge in [0.25, 0.3) is 0 Å². The largest absolute Gasteiger partial charge is 0.311 e. The van der Waals surface area contributed by atoms with Gasteiger partial charge in [-0.2, -0.15) is 0 Å². The zero-order valence-electron chi connectivity index (χ0n) is 10.3. The van der Waals surface area contributed by atoms with Crippen LogP contribution in [0, 0.1) is 11.7 Å². The molecular formula is C13H14ClFN4. The molecule has 1 saturated carbocycles. The molecule has 1 aromatic carbocycles. The van der Waals surface area contributed by atoms with Gasteiger partial charge in [-0.15, -0.1) is 5.10 Å².